The average Bonchev–Trinajstić information content (AvgIpc) is 2.57. The summed E-state index contributed by atoms with van der Waals surface area (Å²) in [5, 5.41) is 35.4. The molecule has 0 saturated carbocycles. The number of carboxylic acids is 1. The van der Waals surface area contributed by atoms with Crippen LogP contribution >= 0.6 is 0 Å². The number of hydrogen-bond donors (Lipinski definition) is 6. The molecule has 0 aliphatic heterocycles. The van der Waals surface area contributed by atoms with Crippen molar-refractivity contribution in [3.05, 3.63) is 12.2 Å². The van der Waals surface area contributed by atoms with E-state index in [4.69, 9.17) is 54.3 Å². The van der Waals surface area contributed by atoms with Crippen LogP contribution in [0.5, 0.6) is 0 Å². The molecule has 0 aliphatic carbocycles. The molecule has 0 amide bonds. The van der Waals surface area contributed by atoms with E-state index in [2.05, 4.69) is 11.5 Å². The van der Waals surface area contributed by atoms with E-state index in [1.807, 2.05) is 0 Å². The minimum absolute atomic E-state index is 0.176. The van der Waals surface area contributed by atoms with Crippen LogP contribution in [-0.4, -0.2) is 43.7 Å². The summed E-state index contributed by atoms with van der Waals surface area (Å²) in [6, 6.07) is 0. The lowest BCUT2D eigenvalue weighted by atomic mass is 10.4. The zero-order chi connectivity index (χ0) is 19.4. The van der Waals surface area contributed by atoms with Crippen LogP contribution in [0, 0.1) is 0 Å². The van der Waals surface area contributed by atoms with Crippen molar-refractivity contribution in [3.8, 4) is 0 Å². The molecule has 14 heteroatoms. The third-order valence-corrected chi connectivity index (χ3v) is 0.543. The molecule has 0 unspecified atom stereocenters. The summed E-state index contributed by atoms with van der Waals surface area (Å²) in [6.45, 7) is 7.85. The summed E-state index contributed by atoms with van der Waals surface area (Å²) in [5.41, 5.74) is 0.176. The van der Waals surface area contributed by atoms with Crippen molar-refractivity contribution in [2.24, 2.45) is 0 Å². The van der Waals surface area contributed by atoms with Gasteiger partial charge in [0.2, 0.25) is 0 Å². The molecule has 136 valence electrons. The van der Waals surface area contributed by atoms with Gasteiger partial charge in [0.25, 0.3) is 0 Å². The van der Waals surface area contributed by atoms with Gasteiger partial charge in [-0.15, -0.1) is 0 Å². The standard InChI is InChI=1S/C4H6O2.C3H7FO.5FHO/c1-3(2)4(5)6;1-3(2)5-4;5*1-2/h1H2,2H3,(H,5,6);3H,1-2H3;5*2H. The molecule has 0 rings (SSSR count). The van der Waals surface area contributed by atoms with Gasteiger partial charge in [-0.2, -0.15) is 4.94 Å². The SMILES string of the molecule is C=C(C)C(=O)O.CC(C)OF.OF.OF.OF.OF.OF. The maximum atomic E-state index is 10.6. The number of carboxylic acid groups (broad SMARTS) is 1. The quantitative estimate of drug-likeness (QED) is 0.324. The highest BCUT2D eigenvalue weighted by Crippen LogP contribution is 1.83. The van der Waals surface area contributed by atoms with Crippen LogP contribution in [0.3, 0.4) is 0 Å². The van der Waals surface area contributed by atoms with Gasteiger partial charge in [0.15, 0.2) is 0 Å². The van der Waals surface area contributed by atoms with Crippen molar-refractivity contribution in [1.29, 1.82) is 0 Å². The second-order valence-electron chi connectivity index (χ2n) is 2.22. The molecule has 0 atom stereocenters. The Bertz CT molecular complexity index is 139. The molecule has 0 fully saturated rings. The molecule has 21 heavy (non-hydrogen) atoms. The van der Waals surface area contributed by atoms with E-state index in [1.165, 1.54) is 6.92 Å². The third kappa shape index (κ3) is 245. The first-order valence-electron chi connectivity index (χ1n) is 3.92. The molecular weight excluding hydrogens is 326 g/mol. The molecular formula is C7H18F6O8. The minimum Gasteiger partial charge on any atom is -0.478 e. The van der Waals surface area contributed by atoms with E-state index in [9.17, 15) is 9.32 Å². The van der Waals surface area contributed by atoms with E-state index in [1.54, 1.807) is 13.8 Å². The third-order valence-electron chi connectivity index (χ3n) is 0.543. The van der Waals surface area contributed by atoms with Gasteiger partial charge in [0.05, 0.1) is 6.10 Å². The Hall–Kier alpha value is -1.45. The van der Waals surface area contributed by atoms with E-state index >= 15 is 0 Å². The number of rotatable bonds is 2. The number of carbonyl (C=O) groups is 1. The predicted octanol–water partition coefficient (Wildman–Crippen LogP) is 1.26. The first-order valence-corrected chi connectivity index (χ1v) is 3.92. The monoisotopic (exact) mass is 344 g/mol. The second kappa shape index (κ2) is 78.2. The van der Waals surface area contributed by atoms with Gasteiger partial charge in [-0.3, -0.25) is 0 Å². The summed E-state index contributed by atoms with van der Waals surface area (Å²) in [6.07, 6.45) is -0.282. The largest absolute Gasteiger partial charge is 0.478 e. The molecule has 0 bridgehead atoms. The smallest absolute Gasteiger partial charge is 0.330 e. The van der Waals surface area contributed by atoms with Crippen molar-refractivity contribution in [3.63, 3.8) is 0 Å². The van der Waals surface area contributed by atoms with E-state index in [0.717, 1.165) is 0 Å². The number of halogens is 6. The van der Waals surface area contributed by atoms with Gasteiger partial charge in [-0.25, -0.2) is 31.4 Å². The van der Waals surface area contributed by atoms with Gasteiger partial charge >= 0.3 is 5.97 Å². The minimum atomic E-state index is -0.935. The maximum Gasteiger partial charge on any atom is 0.330 e. The summed E-state index contributed by atoms with van der Waals surface area (Å²) in [5.74, 6) is -0.935. The van der Waals surface area contributed by atoms with Gasteiger partial charge in [-0.1, -0.05) is 29.2 Å². The lowest BCUT2D eigenvalue weighted by Crippen LogP contribution is -1.92. The van der Waals surface area contributed by atoms with Crippen molar-refractivity contribution < 1.29 is 68.6 Å². The summed E-state index contributed by atoms with van der Waals surface area (Å²) in [7, 11) is 0. The first kappa shape index (κ1) is 42.7. The van der Waals surface area contributed by atoms with Crippen LogP contribution in [-0.2, 0) is 9.74 Å². The molecule has 0 aromatic rings. The van der Waals surface area contributed by atoms with Gasteiger partial charge < -0.3 is 5.11 Å². The zero-order valence-electron chi connectivity index (χ0n) is 11.1. The van der Waals surface area contributed by atoms with Gasteiger partial charge in [-0.05, 0) is 25.3 Å². The fraction of sp³-hybridized carbons (Fsp3) is 0.571. The lowest BCUT2D eigenvalue weighted by Gasteiger charge is -1.87. The Morgan fingerprint density at radius 3 is 1.00 bits per heavy atom. The van der Waals surface area contributed by atoms with Crippen LogP contribution in [0.4, 0.5) is 27.2 Å². The highest BCUT2D eigenvalue weighted by atomic mass is 19.3. The first-order chi connectivity index (χ1) is 9.91. The molecule has 0 radical (unpaired) electrons. The van der Waals surface area contributed by atoms with Crippen molar-refractivity contribution in [2.45, 2.75) is 26.9 Å². The Labute approximate surface area is 115 Å². The molecule has 0 aromatic carbocycles. The normalized spacial score (nSPS) is 5.86. The van der Waals surface area contributed by atoms with Crippen LogP contribution in [0.15, 0.2) is 12.2 Å². The highest BCUT2D eigenvalue weighted by molar-refractivity contribution is 5.84. The Morgan fingerprint density at radius 1 is 0.905 bits per heavy atom. The molecule has 0 aliphatic rings. The fourth-order valence-corrected chi connectivity index (χ4v) is 0. The van der Waals surface area contributed by atoms with E-state index in [-0.39, 0.29) is 11.7 Å². The van der Waals surface area contributed by atoms with Crippen LogP contribution in [0.1, 0.15) is 20.8 Å². The van der Waals surface area contributed by atoms with Crippen molar-refractivity contribution in [1.82, 2.24) is 0 Å². The van der Waals surface area contributed by atoms with Gasteiger partial charge in [0, 0.05) is 5.57 Å². The maximum absolute atomic E-state index is 10.6. The zero-order valence-corrected chi connectivity index (χ0v) is 11.1. The Morgan fingerprint density at radius 2 is 1.00 bits per heavy atom. The summed E-state index contributed by atoms with van der Waals surface area (Å²) < 4.78 is 53.1. The van der Waals surface area contributed by atoms with Crippen LogP contribution in [0.25, 0.3) is 0 Å². The predicted molar refractivity (Wildman–Crippen MR) is 56.4 cm³/mol. The molecule has 6 N–H and O–H groups in total. The second-order valence-corrected chi connectivity index (χ2v) is 2.22. The highest BCUT2D eigenvalue weighted by Gasteiger charge is 1.90. The summed E-state index contributed by atoms with van der Waals surface area (Å²) >= 11 is 0. The fourth-order valence-electron chi connectivity index (χ4n) is 0. The number of hydrogen-bond acceptors (Lipinski definition) is 7. The van der Waals surface area contributed by atoms with E-state index in [0.29, 0.717) is 0 Å². The Balaban J connectivity index is -0.0000000237. The Kier molecular flexibility index (Phi) is 159. The lowest BCUT2D eigenvalue weighted by molar-refractivity contribution is -0.165. The molecule has 0 heterocycles. The molecule has 0 aromatic heterocycles. The molecule has 8 nitrogen and oxygen atoms in total. The molecule has 0 spiro atoms. The topological polar surface area (TPSA) is 148 Å². The van der Waals surface area contributed by atoms with Crippen LogP contribution < -0.4 is 0 Å². The van der Waals surface area contributed by atoms with E-state index < -0.39 is 5.97 Å². The number of aliphatic carboxylic acids is 1. The van der Waals surface area contributed by atoms with Crippen molar-refractivity contribution >= 4 is 5.97 Å². The van der Waals surface area contributed by atoms with Crippen LogP contribution in [0.2, 0.25) is 0 Å². The van der Waals surface area contributed by atoms with Gasteiger partial charge in [0.1, 0.15) is 0 Å². The molecule has 0 saturated heterocycles. The summed E-state index contributed by atoms with van der Waals surface area (Å²) in [4.78, 5) is 12.8. The average molecular weight is 344 g/mol. The van der Waals surface area contributed by atoms with Crippen molar-refractivity contribution in [2.75, 3.05) is 0 Å².